The van der Waals surface area contributed by atoms with Gasteiger partial charge in [-0.2, -0.15) is 0 Å². The van der Waals surface area contributed by atoms with Crippen molar-refractivity contribution in [2.24, 2.45) is 0 Å². The van der Waals surface area contributed by atoms with Gasteiger partial charge in [-0.1, -0.05) is 35.9 Å². The van der Waals surface area contributed by atoms with Crippen molar-refractivity contribution in [1.29, 1.82) is 0 Å². The topological polar surface area (TPSA) is 24.9 Å². The Labute approximate surface area is 107 Å². The third kappa shape index (κ3) is 2.48. The van der Waals surface area contributed by atoms with Gasteiger partial charge in [-0.25, -0.2) is 0 Å². The van der Waals surface area contributed by atoms with Crippen LogP contribution < -0.4 is 5.32 Å². The Kier molecular flexibility index (Phi) is 3.77. The monoisotopic (exact) mass is 246 g/mol. The van der Waals surface area contributed by atoms with Gasteiger partial charge in [-0.05, 0) is 36.7 Å². The number of pyridine rings is 1. The van der Waals surface area contributed by atoms with Crippen molar-refractivity contribution in [3.8, 4) is 0 Å². The molecule has 3 heteroatoms. The van der Waals surface area contributed by atoms with Crippen LogP contribution in [-0.2, 0) is 0 Å². The molecule has 2 aromatic rings. The summed E-state index contributed by atoms with van der Waals surface area (Å²) < 4.78 is 0. The number of halogens is 1. The first-order valence-electron chi connectivity index (χ1n) is 5.56. The average molecular weight is 247 g/mol. The van der Waals surface area contributed by atoms with E-state index in [1.54, 1.807) is 6.20 Å². The van der Waals surface area contributed by atoms with E-state index in [1.165, 1.54) is 0 Å². The first-order chi connectivity index (χ1) is 8.24. The molecule has 1 heterocycles. The fourth-order valence-corrected chi connectivity index (χ4v) is 2.18. The van der Waals surface area contributed by atoms with Gasteiger partial charge in [0.05, 0.1) is 6.04 Å². The van der Waals surface area contributed by atoms with E-state index in [0.29, 0.717) is 0 Å². The summed E-state index contributed by atoms with van der Waals surface area (Å²) in [5, 5.41) is 4.09. The molecule has 0 aliphatic heterocycles. The summed E-state index contributed by atoms with van der Waals surface area (Å²) in [6.07, 6.45) is 3.63. The van der Waals surface area contributed by atoms with E-state index in [1.807, 2.05) is 50.5 Å². The van der Waals surface area contributed by atoms with E-state index in [-0.39, 0.29) is 6.04 Å². The number of hydrogen-bond acceptors (Lipinski definition) is 2. The van der Waals surface area contributed by atoms with Gasteiger partial charge in [-0.15, -0.1) is 0 Å². The molecule has 0 radical (unpaired) electrons. The van der Waals surface area contributed by atoms with Gasteiger partial charge in [0.2, 0.25) is 0 Å². The number of nitrogens with one attached hydrogen (secondary N) is 1. The maximum Gasteiger partial charge on any atom is 0.0604 e. The Balaban J connectivity index is 2.46. The zero-order valence-electron chi connectivity index (χ0n) is 9.94. The Morgan fingerprint density at radius 1 is 1.24 bits per heavy atom. The highest BCUT2D eigenvalue weighted by Gasteiger charge is 2.15. The van der Waals surface area contributed by atoms with Crippen LogP contribution >= 0.6 is 11.6 Å². The highest BCUT2D eigenvalue weighted by molar-refractivity contribution is 6.32. The molecule has 1 N–H and O–H groups in total. The van der Waals surface area contributed by atoms with Crippen LogP contribution in [0.5, 0.6) is 0 Å². The van der Waals surface area contributed by atoms with Gasteiger partial charge in [0, 0.05) is 17.4 Å². The lowest BCUT2D eigenvalue weighted by molar-refractivity contribution is 0.688. The van der Waals surface area contributed by atoms with Gasteiger partial charge >= 0.3 is 0 Å². The van der Waals surface area contributed by atoms with E-state index < -0.39 is 0 Å². The summed E-state index contributed by atoms with van der Waals surface area (Å²) in [6, 6.07) is 10.1. The minimum Gasteiger partial charge on any atom is -0.309 e. The minimum atomic E-state index is 0.0797. The Morgan fingerprint density at radius 2 is 2.06 bits per heavy atom. The molecular weight excluding hydrogens is 232 g/mol. The number of hydrogen-bond donors (Lipinski definition) is 1. The van der Waals surface area contributed by atoms with Crippen molar-refractivity contribution in [2.75, 3.05) is 7.05 Å². The quantitative estimate of drug-likeness (QED) is 0.899. The molecule has 0 amide bonds. The smallest absolute Gasteiger partial charge is 0.0604 e. The van der Waals surface area contributed by atoms with Crippen LogP contribution in [0.2, 0.25) is 5.02 Å². The van der Waals surface area contributed by atoms with Gasteiger partial charge in [0.1, 0.15) is 0 Å². The van der Waals surface area contributed by atoms with Crippen LogP contribution in [0.3, 0.4) is 0 Å². The van der Waals surface area contributed by atoms with E-state index in [9.17, 15) is 0 Å². The van der Waals surface area contributed by atoms with Crippen LogP contribution in [0.1, 0.15) is 22.7 Å². The second kappa shape index (κ2) is 5.30. The highest BCUT2D eigenvalue weighted by atomic mass is 35.5. The molecule has 0 saturated heterocycles. The Morgan fingerprint density at radius 3 is 2.71 bits per heavy atom. The lowest BCUT2D eigenvalue weighted by Crippen LogP contribution is -2.18. The largest absolute Gasteiger partial charge is 0.309 e. The van der Waals surface area contributed by atoms with Gasteiger partial charge in [0.25, 0.3) is 0 Å². The molecule has 0 aliphatic rings. The number of aromatic nitrogens is 1. The SMILES string of the molecule is CNC(c1cccnc1)c1cccc(C)c1Cl. The summed E-state index contributed by atoms with van der Waals surface area (Å²) in [4.78, 5) is 4.15. The standard InChI is InChI=1S/C14H15ClN2/c1-10-5-3-7-12(13(10)15)14(16-2)11-6-4-8-17-9-11/h3-9,14,16H,1-2H3. The van der Waals surface area contributed by atoms with Crippen LogP contribution in [0.25, 0.3) is 0 Å². The van der Waals surface area contributed by atoms with Crippen LogP contribution in [0.15, 0.2) is 42.7 Å². The van der Waals surface area contributed by atoms with Crippen molar-refractivity contribution >= 4 is 11.6 Å². The fraction of sp³-hybridized carbons (Fsp3) is 0.214. The highest BCUT2D eigenvalue weighted by Crippen LogP contribution is 2.29. The molecule has 0 spiro atoms. The Hall–Kier alpha value is -1.38. The van der Waals surface area contributed by atoms with Crippen LogP contribution in [0.4, 0.5) is 0 Å². The predicted molar refractivity (Wildman–Crippen MR) is 71.3 cm³/mol. The zero-order chi connectivity index (χ0) is 12.3. The normalized spacial score (nSPS) is 12.4. The summed E-state index contributed by atoms with van der Waals surface area (Å²) >= 11 is 6.36. The van der Waals surface area contributed by atoms with Crippen molar-refractivity contribution in [1.82, 2.24) is 10.3 Å². The summed E-state index contributed by atoms with van der Waals surface area (Å²) in [6.45, 7) is 2.02. The third-order valence-corrected chi connectivity index (χ3v) is 3.36. The van der Waals surface area contributed by atoms with E-state index >= 15 is 0 Å². The molecule has 0 bridgehead atoms. The molecule has 1 aromatic heterocycles. The summed E-state index contributed by atoms with van der Waals surface area (Å²) in [7, 11) is 1.93. The number of nitrogens with zero attached hydrogens (tertiary/aromatic N) is 1. The maximum absolute atomic E-state index is 6.36. The second-order valence-electron chi connectivity index (χ2n) is 3.99. The van der Waals surface area contributed by atoms with E-state index in [2.05, 4.69) is 10.3 Å². The third-order valence-electron chi connectivity index (χ3n) is 2.84. The lowest BCUT2D eigenvalue weighted by atomic mass is 9.99. The molecule has 2 nitrogen and oxygen atoms in total. The molecular formula is C14H15ClN2. The van der Waals surface area contributed by atoms with Gasteiger partial charge < -0.3 is 5.32 Å². The van der Waals surface area contributed by atoms with Crippen molar-refractivity contribution < 1.29 is 0 Å². The average Bonchev–Trinajstić information content (AvgIpc) is 2.37. The molecule has 2 rings (SSSR count). The molecule has 0 saturated carbocycles. The molecule has 0 aliphatic carbocycles. The molecule has 88 valence electrons. The maximum atomic E-state index is 6.36. The fourth-order valence-electron chi connectivity index (χ4n) is 1.94. The van der Waals surface area contributed by atoms with Crippen molar-refractivity contribution in [3.63, 3.8) is 0 Å². The Bertz CT molecular complexity index is 497. The number of aryl methyl sites for hydroxylation is 1. The lowest BCUT2D eigenvalue weighted by Gasteiger charge is -2.19. The van der Waals surface area contributed by atoms with Crippen LogP contribution in [0, 0.1) is 6.92 Å². The first-order valence-corrected chi connectivity index (χ1v) is 5.94. The van der Waals surface area contributed by atoms with E-state index in [4.69, 9.17) is 11.6 Å². The number of rotatable bonds is 3. The molecule has 1 atom stereocenters. The van der Waals surface area contributed by atoms with Gasteiger partial charge in [0.15, 0.2) is 0 Å². The minimum absolute atomic E-state index is 0.0797. The number of benzene rings is 1. The predicted octanol–water partition coefficient (Wildman–Crippen LogP) is 3.35. The van der Waals surface area contributed by atoms with E-state index in [0.717, 1.165) is 21.7 Å². The summed E-state index contributed by atoms with van der Waals surface area (Å²) in [5.74, 6) is 0. The molecule has 1 unspecified atom stereocenters. The zero-order valence-corrected chi connectivity index (χ0v) is 10.7. The second-order valence-corrected chi connectivity index (χ2v) is 4.36. The van der Waals surface area contributed by atoms with Crippen molar-refractivity contribution in [3.05, 3.63) is 64.4 Å². The molecule has 0 fully saturated rings. The van der Waals surface area contributed by atoms with Crippen LogP contribution in [-0.4, -0.2) is 12.0 Å². The molecule has 1 aromatic carbocycles. The summed E-state index contributed by atoms with van der Waals surface area (Å²) in [5.41, 5.74) is 3.29. The van der Waals surface area contributed by atoms with Gasteiger partial charge in [-0.3, -0.25) is 4.98 Å². The first kappa shape index (κ1) is 12.1. The van der Waals surface area contributed by atoms with Crippen molar-refractivity contribution in [2.45, 2.75) is 13.0 Å². The molecule has 17 heavy (non-hydrogen) atoms.